The number of rotatable bonds is 4. The molecule has 0 spiro atoms. The topological polar surface area (TPSA) is 102 Å². The van der Waals surface area contributed by atoms with Crippen LogP contribution in [0.1, 0.15) is 40.6 Å². The fourth-order valence-electron chi connectivity index (χ4n) is 3.46. The van der Waals surface area contributed by atoms with Gasteiger partial charge in [-0.15, -0.1) is 0 Å². The Labute approximate surface area is 167 Å². The Bertz CT molecular complexity index is 1020. The first-order valence-electron chi connectivity index (χ1n) is 9.45. The van der Waals surface area contributed by atoms with Gasteiger partial charge in [-0.05, 0) is 31.9 Å². The van der Waals surface area contributed by atoms with Crippen LogP contribution in [0.3, 0.4) is 0 Å². The van der Waals surface area contributed by atoms with Crippen LogP contribution in [-0.4, -0.2) is 39.0 Å². The number of hydrogen-bond donors (Lipinski definition) is 0. The van der Waals surface area contributed by atoms with Crippen LogP contribution < -0.4 is 0 Å². The first-order chi connectivity index (χ1) is 14.0. The van der Waals surface area contributed by atoms with Gasteiger partial charge in [0, 0.05) is 42.3 Å². The molecule has 29 heavy (non-hydrogen) atoms. The molecule has 8 heteroatoms. The van der Waals surface area contributed by atoms with E-state index >= 15 is 0 Å². The lowest BCUT2D eigenvalue weighted by molar-refractivity contribution is -0.384. The van der Waals surface area contributed by atoms with Crippen molar-refractivity contribution in [1.29, 1.82) is 0 Å². The van der Waals surface area contributed by atoms with Crippen LogP contribution in [0.2, 0.25) is 0 Å². The summed E-state index contributed by atoms with van der Waals surface area (Å²) in [5.41, 5.74) is 2.51. The molecule has 1 aliphatic rings. The molecule has 0 atom stereocenters. The molecule has 148 valence electrons. The third kappa shape index (κ3) is 4.01. The summed E-state index contributed by atoms with van der Waals surface area (Å²) in [4.78, 5) is 29.2. The number of aromatic nitrogens is 2. The molecule has 8 nitrogen and oxygen atoms in total. The highest BCUT2D eigenvalue weighted by Gasteiger charge is 2.28. The Morgan fingerprint density at radius 3 is 2.38 bits per heavy atom. The predicted molar refractivity (Wildman–Crippen MR) is 105 cm³/mol. The zero-order valence-electron chi connectivity index (χ0n) is 15.9. The number of nitrogens with zero attached hydrogens (tertiary/aromatic N) is 4. The first-order valence-corrected chi connectivity index (χ1v) is 9.45. The van der Waals surface area contributed by atoms with Gasteiger partial charge in [-0.2, -0.15) is 4.98 Å². The number of nitro benzene ring substituents is 1. The van der Waals surface area contributed by atoms with E-state index in [2.05, 4.69) is 10.1 Å². The summed E-state index contributed by atoms with van der Waals surface area (Å²) in [6, 6.07) is 13.7. The van der Waals surface area contributed by atoms with Crippen molar-refractivity contribution in [1.82, 2.24) is 15.0 Å². The van der Waals surface area contributed by atoms with Gasteiger partial charge in [0.2, 0.25) is 11.7 Å². The third-order valence-corrected chi connectivity index (χ3v) is 5.21. The molecule has 2 heterocycles. The highest BCUT2D eigenvalue weighted by atomic mass is 16.6. The molecule has 3 aromatic rings. The van der Waals surface area contributed by atoms with E-state index in [1.54, 1.807) is 4.90 Å². The van der Waals surface area contributed by atoms with Crippen LogP contribution in [0.25, 0.3) is 11.4 Å². The maximum atomic E-state index is 12.6. The minimum absolute atomic E-state index is 0.0268. The average Bonchev–Trinajstić information content (AvgIpc) is 3.24. The molecular formula is C21H20N4O4. The Kier molecular flexibility index (Phi) is 5.07. The number of amides is 1. The van der Waals surface area contributed by atoms with E-state index in [0.717, 1.165) is 18.4 Å². The lowest BCUT2D eigenvalue weighted by Crippen LogP contribution is -2.38. The summed E-state index contributed by atoms with van der Waals surface area (Å²) in [6.07, 6.45) is 1.46. The minimum Gasteiger partial charge on any atom is -0.339 e. The van der Waals surface area contributed by atoms with Crippen molar-refractivity contribution in [3.05, 3.63) is 75.7 Å². The SMILES string of the molecule is Cc1ccc(-c2noc(C3CCN(C(=O)c4ccc([N+](=O)[O-])cc4)CC3)n2)cc1. The van der Waals surface area contributed by atoms with Gasteiger partial charge in [0.1, 0.15) is 0 Å². The fourth-order valence-corrected chi connectivity index (χ4v) is 3.46. The fraction of sp³-hybridized carbons (Fsp3) is 0.286. The smallest absolute Gasteiger partial charge is 0.269 e. The van der Waals surface area contributed by atoms with Gasteiger partial charge >= 0.3 is 0 Å². The molecular weight excluding hydrogens is 372 g/mol. The second kappa shape index (κ2) is 7.83. The predicted octanol–water partition coefficient (Wildman–Crippen LogP) is 3.97. The largest absolute Gasteiger partial charge is 0.339 e. The van der Waals surface area contributed by atoms with E-state index in [-0.39, 0.29) is 17.5 Å². The zero-order chi connectivity index (χ0) is 20.4. The van der Waals surface area contributed by atoms with E-state index in [1.165, 1.54) is 29.8 Å². The van der Waals surface area contributed by atoms with Crippen LogP contribution >= 0.6 is 0 Å². The van der Waals surface area contributed by atoms with Crippen LogP contribution in [0.4, 0.5) is 5.69 Å². The van der Waals surface area contributed by atoms with E-state index < -0.39 is 4.92 Å². The van der Waals surface area contributed by atoms with Crippen molar-refractivity contribution in [3.8, 4) is 11.4 Å². The number of aryl methyl sites for hydroxylation is 1. The van der Waals surface area contributed by atoms with Crippen molar-refractivity contribution in [2.75, 3.05) is 13.1 Å². The minimum atomic E-state index is -0.477. The Balaban J connectivity index is 1.38. The summed E-state index contributed by atoms with van der Waals surface area (Å²) in [6.45, 7) is 3.17. The maximum absolute atomic E-state index is 12.6. The van der Waals surface area contributed by atoms with E-state index in [4.69, 9.17) is 4.52 Å². The van der Waals surface area contributed by atoms with Crippen molar-refractivity contribution in [2.45, 2.75) is 25.7 Å². The van der Waals surface area contributed by atoms with Crippen molar-refractivity contribution in [2.24, 2.45) is 0 Å². The van der Waals surface area contributed by atoms with Crippen LogP contribution in [0.15, 0.2) is 53.1 Å². The van der Waals surface area contributed by atoms with Crippen LogP contribution in [0, 0.1) is 17.0 Å². The summed E-state index contributed by atoms with van der Waals surface area (Å²) in [7, 11) is 0. The number of benzene rings is 2. The van der Waals surface area contributed by atoms with Gasteiger partial charge in [-0.3, -0.25) is 14.9 Å². The molecule has 1 aliphatic heterocycles. The molecule has 1 saturated heterocycles. The van der Waals surface area contributed by atoms with Crippen LogP contribution in [-0.2, 0) is 0 Å². The summed E-state index contributed by atoms with van der Waals surface area (Å²) >= 11 is 0. The van der Waals surface area contributed by atoms with Gasteiger partial charge in [-0.1, -0.05) is 35.0 Å². The number of hydrogen-bond acceptors (Lipinski definition) is 6. The molecule has 0 radical (unpaired) electrons. The molecule has 1 aromatic heterocycles. The Morgan fingerprint density at radius 1 is 1.10 bits per heavy atom. The normalized spacial score (nSPS) is 14.7. The molecule has 4 rings (SSSR count). The van der Waals surface area contributed by atoms with Gasteiger partial charge in [-0.25, -0.2) is 0 Å². The van der Waals surface area contributed by atoms with Crippen molar-refractivity contribution < 1.29 is 14.2 Å². The standard InChI is InChI=1S/C21H20N4O4/c1-14-2-4-15(5-3-14)19-22-20(29-23-19)16-10-12-24(13-11-16)21(26)17-6-8-18(9-7-17)25(27)28/h2-9,16H,10-13H2,1H3. The van der Waals surface area contributed by atoms with Crippen molar-refractivity contribution >= 4 is 11.6 Å². The number of nitro groups is 1. The molecule has 0 unspecified atom stereocenters. The zero-order valence-corrected chi connectivity index (χ0v) is 15.9. The summed E-state index contributed by atoms with van der Waals surface area (Å²) < 4.78 is 5.48. The van der Waals surface area contributed by atoms with Gasteiger partial charge in [0.15, 0.2) is 0 Å². The van der Waals surface area contributed by atoms with Gasteiger partial charge in [0.25, 0.3) is 11.6 Å². The van der Waals surface area contributed by atoms with E-state index in [1.807, 2.05) is 31.2 Å². The Hall–Kier alpha value is -3.55. The summed E-state index contributed by atoms with van der Waals surface area (Å²) in [5.74, 6) is 1.17. The quantitative estimate of drug-likeness (QED) is 0.492. The molecule has 1 amide bonds. The average molecular weight is 392 g/mol. The lowest BCUT2D eigenvalue weighted by atomic mass is 9.96. The van der Waals surface area contributed by atoms with E-state index in [9.17, 15) is 14.9 Å². The monoisotopic (exact) mass is 392 g/mol. The molecule has 0 N–H and O–H groups in total. The first kappa shape index (κ1) is 18.8. The lowest BCUT2D eigenvalue weighted by Gasteiger charge is -2.30. The van der Waals surface area contributed by atoms with Gasteiger partial charge in [0.05, 0.1) is 4.92 Å². The second-order valence-corrected chi connectivity index (χ2v) is 7.19. The molecule has 2 aromatic carbocycles. The molecule has 0 saturated carbocycles. The number of carbonyl (C=O) groups is 1. The van der Waals surface area contributed by atoms with Crippen LogP contribution in [0.5, 0.6) is 0 Å². The number of likely N-dealkylation sites (tertiary alicyclic amines) is 1. The molecule has 0 aliphatic carbocycles. The van der Waals surface area contributed by atoms with Crippen molar-refractivity contribution in [3.63, 3.8) is 0 Å². The maximum Gasteiger partial charge on any atom is 0.269 e. The highest BCUT2D eigenvalue weighted by Crippen LogP contribution is 2.29. The molecule has 0 bridgehead atoms. The van der Waals surface area contributed by atoms with E-state index in [0.29, 0.717) is 30.4 Å². The summed E-state index contributed by atoms with van der Waals surface area (Å²) in [5, 5.41) is 14.8. The highest BCUT2D eigenvalue weighted by molar-refractivity contribution is 5.94. The Morgan fingerprint density at radius 2 is 1.76 bits per heavy atom. The van der Waals surface area contributed by atoms with Gasteiger partial charge < -0.3 is 9.42 Å². The second-order valence-electron chi connectivity index (χ2n) is 7.19. The number of non-ortho nitro benzene ring substituents is 1. The number of carbonyl (C=O) groups excluding carboxylic acids is 1. The molecule has 1 fully saturated rings. The third-order valence-electron chi connectivity index (χ3n) is 5.21. The number of piperidine rings is 1.